The van der Waals surface area contributed by atoms with Crippen molar-refractivity contribution in [1.29, 1.82) is 0 Å². The van der Waals surface area contributed by atoms with Crippen LogP contribution in [0.25, 0.3) is 0 Å². The number of aromatic nitrogens is 1. The molecule has 2 aliphatic rings. The monoisotopic (exact) mass is 539 g/mol. The normalized spacial score (nSPS) is 16.1. The van der Waals surface area contributed by atoms with E-state index in [-0.39, 0.29) is 24.3 Å². The lowest BCUT2D eigenvalue weighted by molar-refractivity contribution is -0.143. The molecule has 2 aromatic rings. The number of unbranched alkanes of at least 4 members (excludes halogenated alkanes) is 1. The van der Waals surface area contributed by atoms with Crippen LogP contribution in [0.1, 0.15) is 48.1 Å². The van der Waals surface area contributed by atoms with Crippen molar-refractivity contribution in [2.75, 3.05) is 31.5 Å². The van der Waals surface area contributed by atoms with Gasteiger partial charge in [-0.1, -0.05) is 12.1 Å². The van der Waals surface area contributed by atoms with Gasteiger partial charge >= 0.3 is 5.97 Å². The topological polar surface area (TPSA) is 124 Å². The Morgan fingerprint density at radius 2 is 1.92 bits per heavy atom. The second-order valence-electron chi connectivity index (χ2n) is 10.2. The summed E-state index contributed by atoms with van der Waals surface area (Å²) in [5.41, 5.74) is 4.65. The lowest BCUT2D eigenvalue weighted by atomic mass is 10.0. The third-order valence-electron chi connectivity index (χ3n) is 6.81. The van der Waals surface area contributed by atoms with Crippen LogP contribution in [-0.2, 0) is 27.2 Å². The molecule has 1 aromatic heterocycles. The van der Waals surface area contributed by atoms with E-state index in [1.807, 2.05) is 0 Å². The zero-order chi connectivity index (χ0) is 27.1. The molecule has 2 amide bonds. The third kappa shape index (κ3) is 7.94. The number of nitrogens with one attached hydrogen (secondary N) is 3. The minimum atomic E-state index is -1.16. The fraction of sp³-hybridized carbons (Fsp3) is 0.500. The average Bonchev–Trinajstić information content (AvgIpc) is 2.85. The Morgan fingerprint density at radius 3 is 2.66 bits per heavy atom. The minimum absolute atomic E-state index is 0.133. The molecule has 1 saturated heterocycles. The first-order valence-electron chi connectivity index (χ1n) is 13.3. The quantitative estimate of drug-likeness (QED) is 0.240. The molecule has 10 heteroatoms. The number of aryl methyl sites for hydroxylation is 4. The Morgan fingerprint density at radius 1 is 1.16 bits per heavy atom. The van der Waals surface area contributed by atoms with E-state index in [4.69, 9.17) is 0 Å². The van der Waals surface area contributed by atoms with E-state index < -0.39 is 12.0 Å². The van der Waals surface area contributed by atoms with Crippen LogP contribution in [0.3, 0.4) is 0 Å². The van der Waals surface area contributed by atoms with Gasteiger partial charge in [0, 0.05) is 43.2 Å². The lowest BCUT2D eigenvalue weighted by Gasteiger charge is -2.37. The summed E-state index contributed by atoms with van der Waals surface area (Å²) in [7, 11) is 0. The third-order valence-corrected chi connectivity index (χ3v) is 7.81. The van der Waals surface area contributed by atoms with E-state index in [2.05, 4.69) is 69.4 Å². The summed E-state index contributed by atoms with van der Waals surface area (Å²) in [6, 6.07) is 9.36. The van der Waals surface area contributed by atoms with Gasteiger partial charge in [0.1, 0.15) is 11.9 Å². The first-order valence-corrected chi connectivity index (χ1v) is 14.1. The van der Waals surface area contributed by atoms with Crippen LogP contribution >= 0.6 is 11.9 Å². The van der Waals surface area contributed by atoms with Crippen LogP contribution in [0, 0.1) is 19.8 Å². The number of benzene rings is 1. The average molecular weight is 540 g/mol. The number of hydrogen-bond acceptors (Lipinski definition) is 7. The standard InChI is InChI=1S/C28H37N5O4S/c1-18-12-19(2)14-23(13-18)38-33-16-21(17-33)27(35)32-24(28(36)37)15-30-25(34)8-4-3-7-22-10-9-20-6-5-11-29-26(20)31-22/h9-10,12-14,21,24H,3-8,11,15-17H2,1-2H3,(H,29,31)(H,30,34)(H,32,35)(H,36,37). The van der Waals surface area contributed by atoms with Gasteiger partial charge in [-0.2, -0.15) is 0 Å². The van der Waals surface area contributed by atoms with Crippen molar-refractivity contribution >= 4 is 35.5 Å². The summed E-state index contributed by atoms with van der Waals surface area (Å²) >= 11 is 1.61. The highest BCUT2D eigenvalue weighted by molar-refractivity contribution is 7.97. The van der Waals surface area contributed by atoms with E-state index in [0.717, 1.165) is 48.6 Å². The van der Waals surface area contributed by atoms with Crippen LogP contribution in [0.4, 0.5) is 5.82 Å². The van der Waals surface area contributed by atoms with Crippen LogP contribution in [0.2, 0.25) is 0 Å². The maximum atomic E-state index is 12.6. The van der Waals surface area contributed by atoms with Crippen molar-refractivity contribution in [3.8, 4) is 0 Å². The first-order chi connectivity index (χ1) is 18.3. The van der Waals surface area contributed by atoms with Crippen LogP contribution < -0.4 is 16.0 Å². The Hall–Kier alpha value is -3.11. The number of anilines is 1. The van der Waals surface area contributed by atoms with Gasteiger partial charge in [-0.15, -0.1) is 0 Å². The van der Waals surface area contributed by atoms with Crippen LogP contribution in [0.5, 0.6) is 0 Å². The molecule has 0 bridgehead atoms. The molecule has 1 atom stereocenters. The molecule has 1 fully saturated rings. The number of carbonyl (C=O) groups is 3. The zero-order valence-electron chi connectivity index (χ0n) is 22.1. The number of fused-ring (bicyclic) bond motifs is 1. The molecule has 3 heterocycles. The van der Waals surface area contributed by atoms with Crippen molar-refractivity contribution in [2.24, 2.45) is 5.92 Å². The first kappa shape index (κ1) is 27.9. The maximum Gasteiger partial charge on any atom is 0.328 e. The molecule has 4 rings (SSSR count). The summed E-state index contributed by atoms with van der Waals surface area (Å²) in [6.45, 7) is 6.03. The molecular weight excluding hydrogens is 502 g/mol. The van der Waals surface area contributed by atoms with E-state index >= 15 is 0 Å². The number of carbonyl (C=O) groups excluding carboxylic acids is 2. The predicted octanol–water partition coefficient (Wildman–Crippen LogP) is 3.09. The van der Waals surface area contributed by atoms with Gasteiger partial charge in [0.05, 0.1) is 5.92 Å². The SMILES string of the molecule is Cc1cc(C)cc(SN2CC(C(=O)NC(CNC(=O)CCCCc3ccc4c(n3)NCCC4)C(=O)O)C2)c1. The van der Waals surface area contributed by atoms with E-state index in [1.165, 1.54) is 16.7 Å². The highest BCUT2D eigenvalue weighted by atomic mass is 32.2. The van der Waals surface area contributed by atoms with E-state index in [1.54, 1.807) is 11.9 Å². The van der Waals surface area contributed by atoms with E-state index in [0.29, 0.717) is 25.9 Å². The minimum Gasteiger partial charge on any atom is -0.480 e. The largest absolute Gasteiger partial charge is 0.480 e. The van der Waals surface area contributed by atoms with Gasteiger partial charge in [-0.3, -0.25) is 9.59 Å². The molecule has 4 N–H and O–H groups in total. The predicted molar refractivity (Wildman–Crippen MR) is 148 cm³/mol. The zero-order valence-corrected chi connectivity index (χ0v) is 22.9. The Labute approximate surface area is 228 Å². The molecule has 0 aliphatic carbocycles. The van der Waals surface area contributed by atoms with Crippen LogP contribution in [0.15, 0.2) is 35.2 Å². The second-order valence-corrected chi connectivity index (χ2v) is 11.4. The summed E-state index contributed by atoms with van der Waals surface area (Å²) in [6.07, 6.45) is 4.77. The van der Waals surface area contributed by atoms with E-state index in [9.17, 15) is 19.5 Å². The maximum absolute atomic E-state index is 12.6. The highest BCUT2D eigenvalue weighted by Crippen LogP contribution is 2.31. The molecule has 1 aromatic carbocycles. The lowest BCUT2D eigenvalue weighted by Crippen LogP contribution is -2.56. The van der Waals surface area contributed by atoms with Crippen molar-refractivity contribution in [1.82, 2.24) is 19.9 Å². The molecule has 204 valence electrons. The molecule has 2 aliphatic heterocycles. The highest BCUT2D eigenvalue weighted by Gasteiger charge is 2.35. The number of carboxylic acids is 1. The van der Waals surface area contributed by atoms with Gasteiger partial charge in [-0.05, 0) is 92.8 Å². The molecule has 9 nitrogen and oxygen atoms in total. The number of aliphatic carboxylic acids is 1. The Bertz CT molecular complexity index is 1150. The number of nitrogens with zero attached hydrogens (tertiary/aromatic N) is 2. The van der Waals surface area contributed by atoms with Gasteiger partial charge in [0.2, 0.25) is 11.8 Å². The molecule has 0 radical (unpaired) electrons. The fourth-order valence-electron chi connectivity index (χ4n) is 4.71. The second kappa shape index (κ2) is 13.1. The number of rotatable bonds is 12. The van der Waals surface area contributed by atoms with Gasteiger partial charge in [0.25, 0.3) is 0 Å². The van der Waals surface area contributed by atoms with Gasteiger partial charge in [0.15, 0.2) is 0 Å². The number of carboxylic acid groups (broad SMARTS) is 1. The van der Waals surface area contributed by atoms with Crippen molar-refractivity contribution in [2.45, 2.75) is 63.3 Å². The van der Waals surface area contributed by atoms with Crippen molar-refractivity contribution in [3.63, 3.8) is 0 Å². The Balaban J connectivity index is 1.13. The summed E-state index contributed by atoms with van der Waals surface area (Å²) in [5.74, 6) is -0.964. The van der Waals surface area contributed by atoms with Crippen LogP contribution in [-0.4, -0.2) is 64.4 Å². The number of amides is 2. The van der Waals surface area contributed by atoms with Gasteiger partial charge in [-0.25, -0.2) is 14.1 Å². The van der Waals surface area contributed by atoms with Crippen molar-refractivity contribution in [3.05, 3.63) is 52.7 Å². The molecule has 0 saturated carbocycles. The molecular formula is C28H37N5O4S. The van der Waals surface area contributed by atoms with Crippen molar-refractivity contribution < 1.29 is 19.5 Å². The fourth-order valence-corrected chi connectivity index (χ4v) is 5.99. The smallest absolute Gasteiger partial charge is 0.328 e. The molecule has 38 heavy (non-hydrogen) atoms. The molecule has 1 unspecified atom stereocenters. The number of hydrogen-bond donors (Lipinski definition) is 4. The number of pyridine rings is 1. The summed E-state index contributed by atoms with van der Waals surface area (Å²) in [4.78, 5) is 42.3. The van der Waals surface area contributed by atoms with Gasteiger partial charge < -0.3 is 21.1 Å². The Kier molecular flexibility index (Phi) is 9.63. The summed E-state index contributed by atoms with van der Waals surface area (Å²) in [5, 5.41) is 18.1. The summed E-state index contributed by atoms with van der Waals surface area (Å²) < 4.78 is 2.09. The molecule has 0 spiro atoms.